The number of hydrogen-bond donors (Lipinski definition) is 0. The Morgan fingerprint density at radius 3 is 2.46 bits per heavy atom. The fourth-order valence-electron chi connectivity index (χ4n) is 5.05. The van der Waals surface area contributed by atoms with Crippen LogP contribution in [0.3, 0.4) is 0 Å². The van der Waals surface area contributed by atoms with E-state index in [0.29, 0.717) is 42.0 Å². The van der Waals surface area contributed by atoms with Gasteiger partial charge in [0.2, 0.25) is 0 Å². The van der Waals surface area contributed by atoms with Crippen LogP contribution in [0.5, 0.6) is 0 Å². The molecule has 7 nitrogen and oxygen atoms in total. The van der Waals surface area contributed by atoms with E-state index >= 15 is 0 Å². The molecule has 5 rings (SSSR count). The summed E-state index contributed by atoms with van der Waals surface area (Å²) in [6, 6.07) is 8.25. The van der Waals surface area contributed by atoms with Gasteiger partial charge in [0.05, 0.1) is 52.4 Å². The number of hydrogen-bond acceptors (Lipinski definition) is 6. The molecule has 2 aliphatic rings. The molecule has 1 spiro atoms. The van der Waals surface area contributed by atoms with Gasteiger partial charge < -0.3 is 4.74 Å². The quantitative estimate of drug-likeness (QED) is 0.353. The van der Waals surface area contributed by atoms with Crippen LogP contribution in [-0.4, -0.2) is 37.7 Å². The van der Waals surface area contributed by atoms with E-state index in [2.05, 4.69) is 27.2 Å². The molecule has 0 atom stereocenters. The molecular weight excluding hydrogens is 483 g/mol. The number of ether oxygens (including phenoxy) is 1. The minimum absolute atomic E-state index is 0.0710. The number of aromatic nitrogens is 4. The number of rotatable bonds is 5. The predicted octanol–water partition coefficient (Wildman–Crippen LogP) is 5.08. The number of halogens is 3. The minimum Gasteiger partial charge on any atom is -0.367 e. The molecule has 0 bridgehead atoms. The zero-order valence-electron chi connectivity index (χ0n) is 20.1. The number of pyridine rings is 2. The van der Waals surface area contributed by atoms with Gasteiger partial charge in [0.25, 0.3) is 0 Å². The normalized spacial score (nSPS) is 23.3. The number of ketones is 1. The average molecular weight is 508 g/mol. The van der Waals surface area contributed by atoms with Crippen LogP contribution in [0, 0.1) is 18.3 Å². The summed E-state index contributed by atoms with van der Waals surface area (Å²) in [6.45, 7) is 2.27. The number of alkyl halides is 3. The van der Waals surface area contributed by atoms with Crippen LogP contribution in [0.25, 0.3) is 5.82 Å². The fraction of sp³-hybridized carbons (Fsp3) is 0.370. The third-order valence-electron chi connectivity index (χ3n) is 7.33. The Morgan fingerprint density at radius 1 is 1.11 bits per heavy atom. The zero-order valence-corrected chi connectivity index (χ0v) is 20.1. The number of nitriles is 1. The second-order valence-electron chi connectivity index (χ2n) is 9.58. The molecule has 1 fully saturated rings. The molecular formula is C27H24F3N5O2. The van der Waals surface area contributed by atoms with Crippen molar-refractivity contribution in [3.8, 4) is 11.9 Å². The Morgan fingerprint density at radius 2 is 1.89 bits per heavy atom. The lowest BCUT2D eigenvalue weighted by Gasteiger charge is -2.39. The molecule has 1 saturated carbocycles. The maximum atomic E-state index is 13.0. The van der Waals surface area contributed by atoms with Crippen LogP contribution in [0.4, 0.5) is 13.2 Å². The molecule has 4 heterocycles. The first-order chi connectivity index (χ1) is 17.6. The van der Waals surface area contributed by atoms with Crippen LogP contribution in [0.1, 0.15) is 58.6 Å². The summed E-state index contributed by atoms with van der Waals surface area (Å²) in [6.07, 6.45) is 6.29. The highest BCUT2D eigenvalue weighted by molar-refractivity contribution is 5.98. The average Bonchev–Trinajstić information content (AvgIpc) is 3.51. The molecule has 0 N–H and O–H groups in total. The van der Waals surface area contributed by atoms with Crippen molar-refractivity contribution in [1.29, 1.82) is 5.26 Å². The van der Waals surface area contributed by atoms with E-state index in [1.165, 1.54) is 16.9 Å². The van der Waals surface area contributed by atoms with Crippen molar-refractivity contribution in [1.82, 2.24) is 19.7 Å². The monoisotopic (exact) mass is 507 g/mol. The van der Waals surface area contributed by atoms with Crippen LogP contribution >= 0.6 is 0 Å². The van der Waals surface area contributed by atoms with Gasteiger partial charge in [-0.05, 0) is 56.4 Å². The molecule has 0 unspecified atom stereocenters. The molecule has 3 aromatic heterocycles. The highest BCUT2D eigenvalue weighted by atomic mass is 19.4. The Bertz CT molecular complexity index is 1380. The molecule has 0 amide bonds. The van der Waals surface area contributed by atoms with Crippen molar-refractivity contribution < 1.29 is 22.7 Å². The molecule has 1 aliphatic heterocycles. The van der Waals surface area contributed by atoms with Gasteiger partial charge in [0.1, 0.15) is 0 Å². The van der Waals surface area contributed by atoms with Gasteiger partial charge in [-0.2, -0.15) is 23.5 Å². The van der Waals surface area contributed by atoms with Crippen molar-refractivity contribution in [2.75, 3.05) is 6.61 Å². The third kappa shape index (κ3) is 4.67. The summed E-state index contributed by atoms with van der Waals surface area (Å²) < 4.78 is 45.7. The van der Waals surface area contributed by atoms with Gasteiger partial charge in [-0.25, -0.2) is 9.67 Å². The standard InChI is InChI=1S/C27H24F3N5O2/c1-18-21(16-34-35(18)24-6-4-20(15-33-24)27(28,29)30)22(36)13-19-3-5-23(32-14-19)25(17-31)8-10-26(11-9-25)7-2-12-37-26/h2-7,14-16H,8-13H2,1H3. The number of nitrogens with zero attached hydrogens (tertiary/aromatic N) is 5. The summed E-state index contributed by atoms with van der Waals surface area (Å²) in [4.78, 5) is 21.4. The molecule has 190 valence electrons. The summed E-state index contributed by atoms with van der Waals surface area (Å²) in [5.41, 5.74) is 0.413. The van der Waals surface area contributed by atoms with Gasteiger partial charge >= 0.3 is 6.18 Å². The third-order valence-corrected chi connectivity index (χ3v) is 7.33. The van der Waals surface area contributed by atoms with E-state index in [-0.39, 0.29) is 23.6 Å². The molecule has 0 radical (unpaired) electrons. The lowest BCUT2D eigenvalue weighted by atomic mass is 9.67. The molecule has 3 aromatic rings. The van der Waals surface area contributed by atoms with Crippen molar-refractivity contribution >= 4 is 5.78 Å². The highest BCUT2D eigenvalue weighted by Crippen LogP contribution is 2.45. The maximum absolute atomic E-state index is 13.0. The summed E-state index contributed by atoms with van der Waals surface area (Å²) in [7, 11) is 0. The van der Waals surface area contributed by atoms with Crippen molar-refractivity contribution in [2.24, 2.45) is 0 Å². The number of Topliss-reactive ketones (excluding diaryl/α,β-unsaturated/α-hetero) is 1. The van der Waals surface area contributed by atoms with Crippen LogP contribution < -0.4 is 0 Å². The van der Waals surface area contributed by atoms with Gasteiger partial charge in [-0.3, -0.25) is 9.78 Å². The Labute approximate surface area is 211 Å². The lowest BCUT2D eigenvalue weighted by Crippen LogP contribution is -2.40. The van der Waals surface area contributed by atoms with E-state index in [0.717, 1.165) is 25.1 Å². The van der Waals surface area contributed by atoms with Crippen molar-refractivity contribution in [3.63, 3.8) is 0 Å². The van der Waals surface area contributed by atoms with E-state index in [4.69, 9.17) is 4.74 Å². The maximum Gasteiger partial charge on any atom is 0.417 e. The van der Waals surface area contributed by atoms with Gasteiger partial charge in [-0.1, -0.05) is 18.2 Å². The molecule has 10 heteroatoms. The molecule has 0 aromatic carbocycles. The zero-order chi connectivity index (χ0) is 26.3. The van der Waals surface area contributed by atoms with Gasteiger partial charge in [0.15, 0.2) is 11.6 Å². The van der Waals surface area contributed by atoms with Crippen molar-refractivity contribution in [3.05, 3.63) is 83.1 Å². The van der Waals surface area contributed by atoms with Crippen molar-refractivity contribution in [2.45, 2.75) is 56.2 Å². The predicted molar refractivity (Wildman–Crippen MR) is 127 cm³/mol. The SMILES string of the molecule is Cc1c(C(=O)Cc2ccc(C3(C#N)CCC4(C=CCO4)CC3)nc2)cnn1-c1ccc(C(F)(F)F)cn1. The van der Waals surface area contributed by atoms with E-state index in [9.17, 15) is 23.2 Å². The first-order valence-corrected chi connectivity index (χ1v) is 11.9. The van der Waals surface area contributed by atoms with Crippen LogP contribution in [0.2, 0.25) is 0 Å². The largest absolute Gasteiger partial charge is 0.417 e. The second kappa shape index (κ2) is 9.23. The molecule has 0 saturated heterocycles. The Kier molecular flexibility index (Phi) is 6.20. The topological polar surface area (TPSA) is 93.7 Å². The summed E-state index contributed by atoms with van der Waals surface area (Å²) in [5, 5.41) is 14.1. The second-order valence-corrected chi connectivity index (χ2v) is 9.58. The Hall–Kier alpha value is -3.84. The first kappa shape index (κ1) is 24.8. The van der Waals surface area contributed by atoms with Crippen LogP contribution in [-0.2, 0) is 22.7 Å². The molecule has 1 aliphatic carbocycles. The number of carbonyl (C=O) groups is 1. The van der Waals surface area contributed by atoms with E-state index in [1.807, 2.05) is 18.2 Å². The number of carbonyl (C=O) groups excluding carboxylic acids is 1. The molecule has 37 heavy (non-hydrogen) atoms. The smallest absolute Gasteiger partial charge is 0.367 e. The Balaban J connectivity index is 1.28. The van der Waals surface area contributed by atoms with E-state index < -0.39 is 17.2 Å². The van der Waals surface area contributed by atoms with E-state index in [1.54, 1.807) is 13.1 Å². The highest BCUT2D eigenvalue weighted by Gasteiger charge is 2.45. The fourth-order valence-corrected chi connectivity index (χ4v) is 5.05. The lowest BCUT2D eigenvalue weighted by molar-refractivity contribution is -0.137. The van der Waals surface area contributed by atoms with Gasteiger partial charge in [-0.15, -0.1) is 0 Å². The first-order valence-electron chi connectivity index (χ1n) is 11.9. The summed E-state index contributed by atoms with van der Waals surface area (Å²) in [5.74, 6) is -0.0184. The minimum atomic E-state index is -4.48. The van der Waals surface area contributed by atoms with Gasteiger partial charge in [0, 0.05) is 18.8 Å². The summed E-state index contributed by atoms with van der Waals surface area (Å²) >= 11 is 0. The van der Waals surface area contributed by atoms with Crippen LogP contribution in [0.15, 0.2) is 55.0 Å².